The Hall–Kier alpha value is -0.0800. The van der Waals surface area contributed by atoms with E-state index in [0.717, 1.165) is 0 Å². The van der Waals surface area contributed by atoms with E-state index in [-0.39, 0.29) is 6.61 Å². The molecule has 0 fully saturated rings. The molecule has 0 aromatic rings. The van der Waals surface area contributed by atoms with E-state index in [0.29, 0.717) is 18.6 Å². The summed E-state index contributed by atoms with van der Waals surface area (Å²) in [4.78, 5) is 2.20. The van der Waals surface area contributed by atoms with E-state index in [2.05, 4.69) is 32.6 Å². The van der Waals surface area contributed by atoms with Gasteiger partial charge in [0, 0.05) is 18.6 Å². The van der Waals surface area contributed by atoms with Crippen LogP contribution in [0, 0.1) is 0 Å². The minimum atomic E-state index is 0.0103. The standard InChI is InChI=1S/C8H18NO/c1-7(2)9(5-6-10)8(3)4/h7-8H,5-6H2,1-4H3. The van der Waals surface area contributed by atoms with E-state index in [4.69, 9.17) is 0 Å². The van der Waals surface area contributed by atoms with Gasteiger partial charge in [-0.15, -0.1) is 0 Å². The van der Waals surface area contributed by atoms with Crippen molar-refractivity contribution in [2.75, 3.05) is 13.2 Å². The number of hydrogen-bond donors (Lipinski definition) is 0. The first-order valence-electron chi connectivity index (χ1n) is 3.93. The summed E-state index contributed by atoms with van der Waals surface area (Å²) in [6, 6.07) is 0.989. The molecule has 1 radical (unpaired) electrons. The van der Waals surface area contributed by atoms with Gasteiger partial charge in [0.2, 0.25) is 0 Å². The lowest BCUT2D eigenvalue weighted by atomic mass is 10.2. The van der Waals surface area contributed by atoms with Crippen LogP contribution in [0.4, 0.5) is 0 Å². The molecule has 0 aliphatic rings. The topological polar surface area (TPSA) is 23.1 Å². The van der Waals surface area contributed by atoms with Crippen molar-refractivity contribution in [2.45, 2.75) is 39.8 Å². The number of nitrogens with zero attached hydrogens (tertiary/aromatic N) is 1. The Balaban J connectivity index is 3.73. The van der Waals surface area contributed by atoms with Crippen LogP contribution in [-0.4, -0.2) is 30.1 Å². The zero-order valence-electron chi connectivity index (χ0n) is 7.42. The third-order valence-electron chi connectivity index (χ3n) is 1.68. The van der Waals surface area contributed by atoms with Crippen molar-refractivity contribution in [3.63, 3.8) is 0 Å². The van der Waals surface area contributed by atoms with Crippen molar-refractivity contribution in [3.05, 3.63) is 0 Å². The molecule has 0 heterocycles. The van der Waals surface area contributed by atoms with Gasteiger partial charge in [-0.05, 0) is 27.7 Å². The zero-order chi connectivity index (χ0) is 8.15. The van der Waals surface area contributed by atoms with Crippen molar-refractivity contribution in [1.29, 1.82) is 0 Å². The van der Waals surface area contributed by atoms with Gasteiger partial charge in [-0.3, -0.25) is 4.90 Å². The summed E-state index contributed by atoms with van der Waals surface area (Å²) in [5, 5.41) is 10.3. The van der Waals surface area contributed by atoms with Crippen LogP contribution in [0.3, 0.4) is 0 Å². The SMILES string of the molecule is CC(C)N(CC[O])C(C)C. The van der Waals surface area contributed by atoms with Crippen LogP contribution in [0.1, 0.15) is 27.7 Å². The minimum Gasteiger partial charge on any atom is -0.296 e. The Bertz CT molecular complexity index is 73.3. The smallest absolute Gasteiger partial charge is 0.0949 e. The molecule has 2 nitrogen and oxygen atoms in total. The van der Waals surface area contributed by atoms with Crippen molar-refractivity contribution in [2.24, 2.45) is 0 Å². The summed E-state index contributed by atoms with van der Waals surface area (Å²) in [5.74, 6) is 0. The Labute approximate surface area is 63.8 Å². The molecule has 61 valence electrons. The lowest BCUT2D eigenvalue weighted by molar-refractivity contribution is 0.101. The Morgan fingerprint density at radius 1 is 1.10 bits per heavy atom. The molecule has 10 heavy (non-hydrogen) atoms. The molecule has 0 amide bonds. The highest BCUT2D eigenvalue weighted by atomic mass is 16.3. The first-order valence-corrected chi connectivity index (χ1v) is 3.93. The highest BCUT2D eigenvalue weighted by Crippen LogP contribution is 2.02. The predicted molar refractivity (Wildman–Crippen MR) is 42.5 cm³/mol. The minimum absolute atomic E-state index is 0.0103. The van der Waals surface area contributed by atoms with E-state index in [1.54, 1.807) is 0 Å². The quantitative estimate of drug-likeness (QED) is 0.587. The number of hydrogen-bond acceptors (Lipinski definition) is 1. The van der Waals surface area contributed by atoms with Crippen LogP contribution in [-0.2, 0) is 5.11 Å². The molecule has 0 aliphatic heterocycles. The summed E-state index contributed by atoms with van der Waals surface area (Å²) in [7, 11) is 0. The van der Waals surface area contributed by atoms with Gasteiger partial charge in [0.1, 0.15) is 0 Å². The lowest BCUT2D eigenvalue weighted by Crippen LogP contribution is -2.38. The predicted octanol–water partition coefficient (Wildman–Crippen LogP) is 1.54. The molecule has 0 unspecified atom stereocenters. The maximum absolute atomic E-state index is 10.3. The molecule has 0 aliphatic carbocycles. The summed E-state index contributed by atoms with van der Waals surface area (Å²) in [6.07, 6.45) is 0. The van der Waals surface area contributed by atoms with Crippen LogP contribution in [0.2, 0.25) is 0 Å². The Kier molecular flexibility index (Phi) is 4.65. The number of rotatable bonds is 4. The molecule has 0 saturated heterocycles. The third kappa shape index (κ3) is 3.18. The second-order valence-corrected chi connectivity index (χ2v) is 3.13. The molecule has 0 saturated carbocycles. The van der Waals surface area contributed by atoms with Crippen molar-refractivity contribution in [3.8, 4) is 0 Å². The molecular weight excluding hydrogens is 126 g/mol. The summed E-state index contributed by atoms with van der Waals surface area (Å²) in [5.41, 5.74) is 0. The van der Waals surface area contributed by atoms with E-state index in [1.165, 1.54) is 0 Å². The second kappa shape index (κ2) is 4.69. The van der Waals surface area contributed by atoms with E-state index < -0.39 is 0 Å². The summed E-state index contributed by atoms with van der Waals surface area (Å²) >= 11 is 0. The van der Waals surface area contributed by atoms with Crippen LogP contribution in [0.5, 0.6) is 0 Å². The third-order valence-corrected chi connectivity index (χ3v) is 1.68. The fraction of sp³-hybridized carbons (Fsp3) is 1.00. The van der Waals surface area contributed by atoms with Gasteiger partial charge in [0.15, 0.2) is 0 Å². The van der Waals surface area contributed by atoms with Crippen LogP contribution >= 0.6 is 0 Å². The maximum atomic E-state index is 10.3. The van der Waals surface area contributed by atoms with Gasteiger partial charge in [-0.1, -0.05) is 0 Å². The molecule has 0 bridgehead atoms. The fourth-order valence-corrected chi connectivity index (χ4v) is 1.22. The largest absolute Gasteiger partial charge is 0.296 e. The van der Waals surface area contributed by atoms with Crippen LogP contribution in [0.25, 0.3) is 0 Å². The molecule has 0 rings (SSSR count). The monoisotopic (exact) mass is 144 g/mol. The first-order chi connectivity index (χ1) is 4.59. The second-order valence-electron chi connectivity index (χ2n) is 3.13. The zero-order valence-corrected chi connectivity index (χ0v) is 7.42. The van der Waals surface area contributed by atoms with E-state index >= 15 is 0 Å². The Morgan fingerprint density at radius 2 is 1.50 bits per heavy atom. The molecule has 0 aromatic carbocycles. The van der Waals surface area contributed by atoms with E-state index in [1.807, 2.05) is 0 Å². The van der Waals surface area contributed by atoms with Crippen molar-refractivity contribution < 1.29 is 5.11 Å². The van der Waals surface area contributed by atoms with Gasteiger partial charge in [0.05, 0.1) is 6.61 Å². The molecule has 0 N–H and O–H groups in total. The van der Waals surface area contributed by atoms with Crippen molar-refractivity contribution in [1.82, 2.24) is 4.90 Å². The van der Waals surface area contributed by atoms with Gasteiger partial charge >= 0.3 is 0 Å². The summed E-state index contributed by atoms with van der Waals surface area (Å²) < 4.78 is 0. The first kappa shape index (κ1) is 9.92. The molecule has 0 spiro atoms. The lowest BCUT2D eigenvalue weighted by Gasteiger charge is -2.29. The van der Waals surface area contributed by atoms with Crippen LogP contribution in [0.15, 0.2) is 0 Å². The van der Waals surface area contributed by atoms with Gasteiger partial charge in [0.25, 0.3) is 0 Å². The van der Waals surface area contributed by atoms with Crippen LogP contribution < -0.4 is 0 Å². The summed E-state index contributed by atoms with van der Waals surface area (Å²) in [6.45, 7) is 9.17. The van der Waals surface area contributed by atoms with E-state index in [9.17, 15) is 5.11 Å². The molecule has 0 atom stereocenters. The fourth-order valence-electron chi connectivity index (χ4n) is 1.22. The highest BCUT2D eigenvalue weighted by molar-refractivity contribution is 4.65. The Morgan fingerprint density at radius 3 is 1.60 bits per heavy atom. The van der Waals surface area contributed by atoms with Crippen molar-refractivity contribution >= 4 is 0 Å². The van der Waals surface area contributed by atoms with Gasteiger partial charge < -0.3 is 0 Å². The normalized spacial score (nSPS) is 12.0. The molecule has 2 heteroatoms. The average molecular weight is 144 g/mol. The average Bonchev–Trinajstić information content (AvgIpc) is 1.81. The van der Waals surface area contributed by atoms with Gasteiger partial charge in [-0.2, -0.15) is 0 Å². The maximum Gasteiger partial charge on any atom is 0.0949 e. The van der Waals surface area contributed by atoms with Gasteiger partial charge in [-0.25, -0.2) is 5.11 Å². The molecular formula is C8H18NO. The highest BCUT2D eigenvalue weighted by Gasteiger charge is 2.11. The molecule has 0 aromatic heterocycles.